The Morgan fingerprint density at radius 2 is 1.82 bits per heavy atom. The van der Waals surface area contributed by atoms with Crippen LogP contribution in [0.15, 0.2) is 42.5 Å². The van der Waals surface area contributed by atoms with Gasteiger partial charge in [-0.3, -0.25) is 24.0 Å². The number of amides is 4. The summed E-state index contributed by atoms with van der Waals surface area (Å²) in [5, 5.41) is 19.6. The molecule has 0 saturated heterocycles. The van der Waals surface area contributed by atoms with Crippen LogP contribution < -0.4 is 21.3 Å². The van der Waals surface area contributed by atoms with E-state index in [0.29, 0.717) is 24.7 Å². The maximum absolute atomic E-state index is 13.2. The zero-order valence-corrected chi connectivity index (χ0v) is 21.9. The summed E-state index contributed by atoms with van der Waals surface area (Å²) in [5.74, 6) is -3.41. The molecule has 40 heavy (non-hydrogen) atoms. The molecule has 0 saturated carbocycles. The number of rotatable bonds is 10. The van der Waals surface area contributed by atoms with E-state index in [1.807, 2.05) is 37.3 Å². The molecule has 4 rings (SSSR count). The van der Waals surface area contributed by atoms with Gasteiger partial charge in [-0.05, 0) is 36.1 Å². The van der Waals surface area contributed by atoms with E-state index >= 15 is 0 Å². The lowest BCUT2D eigenvalue weighted by molar-refractivity contribution is -0.143. The van der Waals surface area contributed by atoms with Crippen LogP contribution in [-0.4, -0.2) is 77.6 Å². The first kappa shape index (κ1) is 28.3. The number of benzene rings is 2. The maximum Gasteiger partial charge on any atom is 0.305 e. The third-order valence-corrected chi connectivity index (χ3v) is 6.93. The van der Waals surface area contributed by atoms with Crippen LogP contribution >= 0.6 is 0 Å². The molecule has 2 aromatic carbocycles. The Balaban J connectivity index is 1.36. The molecule has 0 aromatic heterocycles. The second-order valence-electron chi connectivity index (χ2n) is 9.84. The van der Waals surface area contributed by atoms with Crippen LogP contribution in [0.5, 0.6) is 0 Å². The summed E-state index contributed by atoms with van der Waals surface area (Å²) in [6, 6.07) is 10.1. The second-order valence-corrected chi connectivity index (χ2v) is 9.84. The zero-order chi connectivity index (χ0) is 28.8. The van der Waals surface area contributed by atoms with Gasteiger partial charge in [0.25, 0.3) is 0 Å². The van der Waals surface area contributed by atoms with Gasteiger partial charge in [0.05, 0.1) is 25.6 Å². The van der Waals surface area contributed by atoms with Crippen molar-refractivity contribution in [2.24, 2.45) is 0 Å². The number of carboxylic acid groups (broad SMARTS) is 1. The average Bonchev–Trinajstić information content (AvgIpc) is 3.37. The number of aldehydes is 1. The predicted molar refractivity (Wildman–Crippen MR) is 143 cm³/mol. The lowest BCUT2D eigenvalue weighted by Gasteiger charge is -2.37. The Kier molecular flexibility index (Phi) is 8.77. The van der Waals surface area contributed by atoms with Crippen molar-refractivity contribution in [1.29, 1.82) is 0 Å². The molecule has 12 nitrogen and oxygen atoms in total. The molecule has 3 atom stereocenters. The number of carbonyl (C=O) groups is 6. The molecule has 0 aliphatic carbocycles. The molecule has 2 aromatic rings. The summed E-state index contributed by atoms with van der Waals surface area (Å²) >= 11 is 0. The van der Waals surface area contributed by atoms with Gasteiger partial charge in [-0.2, -0.15) is 0 Å². The molecule has 0 bridgehead atoms. The lowest BCUT2D eigenvalue weighted by atomic mass is 9.90. The number of aryl methyl sites for hydroxylation is 1. The van der Waals surface area contributed by atoms with Gasteiger partial charge in [0.2, 0.25) is 23.6 Å². The number of hydrogen-bond acceptors (Lipinski definition) is 7. The molecule has 2 heterocycles. The molecular weight excluding hydrogens is 518 g/mol. The first-order valence-electron chi connectivity index (χ1n) is 12.9. The van der Waals surface area contributed by atoms with Gasteiger partial charge >= 0.3 is 5.97 Å². The number of para-hydroxylation sites is 1. The number of aliphatic carboxylic acids is 1. The van der Waals surface area contributed by atoms with E-state index in [1.54, 1.807) is 12.1 Å². The molecule has 2 aliphatic rings. The summed E-state index contributed by atoms with van der Waals surface area (Å²) < 4.78 is 0. The highest BCUT2D eigenvalue weighted by Gasteiger charge is 2.37. The fourth-order valence-electron chi connectivity index (χ4n) is 4.97. The highest BCUT2D eigenvalue weighted by Crippen LogP contribution is 2.31. The fraction of sp³-hybridized carbons (Fsp3) is 0.357. The molecule has 210 valence electrons. The van der Waals surface area contributed by atoms with E-state index in [-0.39, 0.29) is 19.0 Å². The summed E-state index contributed by atoms with van der Waals surface area (Å²) in [6.07, 6.45) is 0.713. The second kappa shape index (κ2) is 12.4. The topological polar surface area (TPSA) is 174 Å². The van der Waals surface area contributed by atoms with Crippen LogP contribution in [0.3, 0.4) is 0 Å². The van der Waals surface area contributed by atoms with Gasteiger partial charge in [-0.15, -0.1) is 0 Å². The molecule has 0 radical (unpaired) electrons. The van der Waals surface area contributed by atoms with Gasteiger partial charge in [0, 0.05) is 18.7 Å². The molecule has 2 aliphatic heterocycles. The number of carboxylic acids is 1. The van der Waals surface area contributed by atoms with E-state index in [4.69, 9.17) is 5.11 Å². The van der Waals surface area contributed by atoms with Gasteiger partial charge in [-0.1, -0.05) is 42.0 Å². The third-order valence-electron chi connectivity index (χ3n) is 6.93. The van der Waals surface area contributed by atoms with Gasteiger partial charge in [0.15, 0.2) is 0 Å². The van der Waals surface area contributed by atoms with E-state index in [1.165, 1.54) is 4.90 Å². The minimum absolute atomic E-state index is 0.179. The van der Waals surface area contributed by atoms with Crippen molar-refractivity contribution in [2.75, 3.05) is 25.0 Å². The normalized spacial score (nSPS) is 17.9. The molecular formula is C28H31N5O7. The van der Waals surface area contributed by atoms with Gasteiger partial charge < -0.3 is 36.1 Å². The Bertz CT molecular complexity index is 1320. The van der Waals surface area contributed by atoms with Crippen LogP contribution in [-0.2, 0) is 41.6 Å². The van der Waals surface area contributed by atoms with E-state index < -0.39 is 54.8 Å². The highest BCUT2D eigenvalue weighted by molar-refractivity contribution is 5.94. The molecule has 0 spiro atoms. The standard InChI is InChI=1S/C28H31N5O7/c1-16-6-7-20-17(10-16)8-9-33(26(20)28(40)31-19(15-34)12-25(37)38)24(36)14-29-23(35)13-30-27(39)22-11-18-4-2-3-5-21(18)32-22/h2-7,10,15,19,22,26,32H,8-9,11-14H2,1H3,(H,29,35)(H,30,39)(H,31,40)(H,37,38)/t19-,22-,26-/m0/s1. The summed E-state index contributed by atoms with van der Waals surface area (Å²) in [4.78, 5) is 75.0. The van der Waals surface area contributed by atoms with Crippen LogP contribution in [0.4, 0.5) is 5.69 Å². The Morgan fingerprint density at radius 1 is 1.05 bits per heavy atom. The smallest absolute Gasteiger partial charge is 0.305 e. The van der Waals surface area contributed by atoms with Crippen molar-refractivity contribution in [3.63, 3.8) is 0 Å². The van der Waals surface area contributed by atoms with E-state index in [0.717, 1.165) is 22.4 Å². The maximum atomic E-state index is 13.2. The quantitative estimate of drug-likeness (QED) is 0.254. The van der Waals surface area contributed by atoms with Crippen LogP contribution in [0.1, 0.15) is 34.7 Å². The molecule has 0 unspecified atom stereocenters. The Labute approximate surface area is 230 Å². The minimum atomic E-state index is -1.26. The molecule has 0 fully saturated rings. The summed E-state index contributed by atoms with van der Waals surface area (Å²) in [6.45, 7) is 1.33. The van der Waals surface area contributed by atoms with Crippen molar-refractivity contribution < 1.29 is 33.9 Å². The van der Waals surface area contributed by atoms with E-state index in [2.05, 4.69) is 21.3 Å². The summed E-state index contributed by atoms with van der Waals surface area (Å²) in [5.41, 5.74) is 4.28. The van der Waals surface area contributed by atoms with Crippen LogP contribution in [0.2, 0.25) is 0 Å². The van der Waals surface area contributed by atoms with Crippen molar-refractivity contribution in [3.05, 3.63) is 64.7 Å². The Hall–Kier alpha value is -4.74. The fourth-order valence-corrected chi connectivity index (χ4v) is 4.97. The number of nitrogens with one attached hydrogen (secondary N) is 4. The molecule has 12 heteroatoms. The van der Waals surface area contributed by atoms with E-state index in [9.17, 15) is 28.8 Å². The number of hydrogen-bond donors (Lipinski definition) is 5. The van der Waals surface area contributed by atoms with Gasteiger partial charge in [-0.25, -0.2) is 0 Å². The first-order valence-corrected chi connectivity index (χ1v) is 12.9. The number of anilines is 1. The predicted octanol–water partition coefficient (Wildman–Crippen LogP) is -0.152. The monoisotopic (exact) mass is 549 g/mol. The zero-order valence-electron chi connectivity index (χ0n) is 21.9. The largest absolute Gasteiger partial charge is 0.481 e. The van der Waals surface area contributed by atoms with Crippen LogP contribution in [0.25, 0.3) is 0 Å². The first-order chi connectivity index (χ1) is 19.2. The molecule has 5 N–H and O–H groups in total. The SMILES string of the molecule is Cc1ccc2c(c1)CCN(C(=O)CNC(=O)CNC(=O)[C@@H]1Cc3ccccc3N1)[C@@H]2C(=O)N[C@H](C=O)CC(=O)O. The lowest BCUT2D eigenvalue weighted by Crippen LogP contribution is -2.52. The number of carbonyl (C=O) groups excluding carboxylic acids is 5. The third kappa shape index (κ3) is 6.63. The van der Waals surface area contributed by atoms with Crippen LogP contribution in [0, 0.1) is 6.92 Å². The average molecular weight is 550 g/mol. The highest BCUT2D eigenvalue weighted by atomic mass is 16.4. The number of fused-ring (bicyclic) bond motifs is 2. The van der Waals surface area contributed by atoms with Crippen molar-refractivity contribution in [3.8, 4) is 0 Å². The van der Waals surface area contributed by atoms with Crippen molar-refractivity contribution in [2.45, 2.75) is 44.3 Å². The minimum Gasteiger partial charge on any atom is -0.481 e. The molecule has 4 amide bonds. The Morgan fingerprint density at radius 3 is 2.55 bits per heavy atom. The van der Waals surface area contributed by atoms with Gasteiger partial charge in [0.1, 0.15) is 18.4 Å². The number of nitrogens with zero attached hydrogens (tertiary/aromatic N) is 1. The van der Waals surface area contributed by atoms with Crippen molar-refractivity contribution >= 4 is 41.6 Å². The van der Waals surface area contributed by atoms with Crippen molar-refractivity contribution in [1.82, 2.24) is 20.9 Å². The summed E-state index contributed by atoms with van der Waals surface area (Å²) in [7, 11) is 0.